The van der Waals surface area contributed by atoms with Crippen LogP contribution in [-0.4, -0.2) is 18.0 Å². The van der Waals surface area contributed by atoms with Crippen molar-refractivity contribution in [3.05, 3.63) is 29.3 Å². The van der Waals surface area contributed by atoms with E-state index in [-0.39, 0.29) is 11.4 Å². The van der Waals surface area contributed by atoms with Gasteiger partial charge in [0.25, 0.3) is 0 Å². The molecule has 0 saturated heterocycles. The predicted molar refractivity (Wildman–Crippen MR) is 77.9 cm³/mol. The van der Waals surface area contributed by atoms with Gasteiger partial charge in [0.15, 0.2) is 0 Å². The summed E-state index contributed by atoms with van der Waals surface area (Å²) in [5, 5.41) is 0. The van der Waals surface area contributed by atoms with Crippen LogP contribution in [0.15, 0.2) is 18.2 Å². The summed E-state index contributed by atoms with van der Waals surface area (Å²) >= 11 is 0. The highest BCUT2D eigenvalue weighted by atomic mass is 16.2. The number of fused-ring (bicyclic) bond motifs is 1. The van der Waals surface area contributed by atoms with Gasteiger partial charge >= 0.3 is 0 Å². The minimum atomic E-state index is -0.172. The molecule has 0 saturated carbocycles. The Morgan fingerprint density at radius 1 is 1.37 bits per heavy atom. The van der Waals surface area contributed by atoms with Crippen LogP contribution in [0.4, 0.5) is 5.69 Å². The molecule has 4 heteroatoms. The summed E-state index contributed by atoms with van der Waals surface area (Å²) in [4.78, 5) is 13.9. The maximum Gasteiger partial charge on any atom is 0.231 e. The SMILES string of the molecule is CC(C)(N)CCCN1C(=O)Cc2cc(CN)ccc21. The smallest absolute Gasteiger partial charge is 0.231 e. The molecular formula is C15H23N3O. The van der Waals surface area contributed by atoms with Crippen molar-refractivity contribution in [1.82, 2.24) is 0 Å². The normalized spacial score (nSPS) is 14.9. The molecule has 1 aliphatic heterocycles. The Labute approximate surface area is 114 Å². The molecule has 1 amide bonds. The Morgan fingerprint density at radius 2 is 2.11 bits per heavy atom. The summed E-state index contributed by atoms with van der Waals surface area (Å²) in [5.41, 5.74) is 14.6. The van der Waals surface area contributed by atoms with Gasteiger partial charge in [-0.15, -0.1) is 0 Å². The van der Waals surface area contributed by atoms with Gasteiger partial charge in [-0.05, 0) is 43.9 Å². The lowest BCUT2D eigenvalue weighted by atomic mass is 10.00. The van der Waals surface area contributed by atoms with E-state index in [0.29, 0.717) is 13.0 Å². The van der Waals surface area contributed by atoms with E-state index in [9.17, 15) is 4.79 Å². The highest BCUT2D eigenvalue weighted by Gasteiger charge is 2.27. The first-order chi connectivity index (χ1) is 8.90. The minimum Gasteiger partial charge on any atom is -0.326 e. The van der Waals surface area contributed by atoms with Crippen LogP contribution < -0.4 is 16.4 Å². The number of rotatable bonds is 5. The maximum absolute atomic E-state index is 12.0. The first-order valence-corrected chi connectivity index (χ1v) is 6.82. The summed E-state index contributed by atoms with van der Waals surface area (Å²) in [6, 6.07) is 6.05. The van der Waals surface area contributed by atoms with Gasteiger partial charge in [0.2, 0.25) is 5.91 Å². The number of nitrogens with zero attached hydrogens (tertiary/aromatic N) is 1. The second kappa shape index (κ2) is 5.31. The van der Waals surface area contributed by atoms with Gasteiger partial charge in [0, 0.05) is 24.3 Å². The second-order valence-electron chi connectivity index (χ2n) is 5.98. The lowest BCUT2D eigenvalue weighted by molar-refractivity contribution is -0.117. The van der Waals surface area contributed by atoms with E-state index in [1.54, 1.807) is 0 Å². The van der Waals surface area contributed by atoms with E-state index in [0.717, 1.165) is 36.2 Å². The number of carbonyl (C=O) groups is 1. The summed E-state index contributed by atoms with van der Waals surface area (Å²) in [6.45, 7) is 5.29. The number of benzene rings is 1. The number of hydrogen-bond acceptors (Lipinski definition) is 3. The van der Waals surface area contributed by atoms with Crippen LogP contribution in [0.1, 0.15) is 37.8 Å². The fourth-order valence-corrected chi connectivity index (χ4v) is 2.50. The topological polar surface area (TPSA) is 72.3 Å². The standard InChI is InChI=1S/C15H23N3O/c1-15(2,17)6-3-7-18-13-5-4-11(10-16)8-12(13)9-14(18)19/h4-5,8H,3,6-7,9-10,16-17H2,1-2H3. The van der Waals surface area contributed by atoms with Crippen molar-refractivity contribution in [1.29, 1.82) is 0 Å². The first kappa shape index (κ1) is 14.0. The molecule has 0 atom stereocenters. The van der Waals surface area contributed by atoms with Gasteiger partial charge in [-0.25, -0.2) is 0 Å². The Kier molecular flexibility index (Phi) is 3.92. The quantitative estimate of drug-likeness (QED) is 0.844. The van der Waals surface area contributed by atoms with Crippen molar-refractivity contribution in [3.8, 4) is 0 Å². The van der Waals surface area contributed by atoms with Crippen LogP contribution in [0.5, 0.6) is 0 Å². The molecule has 4 nitrogen and oxygen atoms in total. The van der Waals surface area contributed by atoms with Crippen molar-refractivity contribution in [2.75, 3.05) is 11.4 Å². The van der Waals surface area contributed by atoms with Gasteiger partial charge in [0.1, 0.15) is 0 Å². The lowest BCUT2D eigenvalue weighted by Gasteiger charge is -2.22. The van der Waals surface area contributed by atoms with E-state index >= 15 is 0 Å². The Balaban J connectivity index is 2.06. The Bertz CT molecular complexity index is 477. The number of anilines is 1. The van der Waals surface area contributed by atoms with Gasteiger partial charge in [-0.2, -0.15) is 0 Å². The summed E-state index contributed by atoms with van der Waals surface area (Å²) in [5.74, 6) is 0.180. The van der Waals surface area contributed by atoms with Crippen molar-refractivity contribution in [2.24, 2.45) is 11.5 Å². The van der Waals surface area contributed by atoms with Crippen molar-refractivity contribution < 1.29 is 4.79 Å². The molecule has 1 heterocycles. The number of nitrogens with two attached hydrogens (primary N) is 2. The Hall–Kier alpha value is -1.39. The van der Waals surface area contributed by atoms with Crippen LogP contribution in [-0.2, 0) is 17.8 Å². The highest BCUT2D eigenvalue weighted by Crippen LogP contribution is 2.30. The third-order valence-corrected chi connectivity index (χ3v) is 3.52. The second-order valence-corrected chi connectivity index (χ2v) is 5.98. The minimum absolute atomic E-state index is 0.172. The number of amides is 1. The van der Waals surface area contributed by atoms with Gasteiger partial charge < -0.3 is 16.4 Å². The zero-order valence-corrected chi connectivity index (χ0v) is 11.8. The van der Waals surface area contributed by atoms with Crippen LogP contribution in [0, 0.1) is 0 Å². The van der Waals surface area contributed by atoms with E-state index in [4.69, 9.17) is 11.5 Å². The van der Waals surface area contributed by atoms with Gasteiger partial charge in [-0.1, -0.05) is 12.1 Å². The zero-order chi connectivity index (χ0) is 14.0. The lowest BCUT2D eigenvalue weighted by Crippen LogP contribution is -2.34. The molecule has 0 aromatic heterocycles. The molecule has 4 N–H and O–H groups in total. The molecule has 1 aliphatic rings. The third-order valence-electron chi connectivity index (χ3n) is 3.52. The number of carbonyl (C=O) groups excluding carboxylic acids is 1. The van der Waals surface area contributed by atoms with Crippen LogP contribution in [0.25, 0.3) is 0 Å². The first-order valence-electron chi connectivity index (χ1n) is 6.82. The third kappa shape index (κ3) is 3.33. The molecule has 0 fully saturated rings. The fraction of sp³-hybridized carbons (Fsp3) is 0.533. The average Bonchev–Trinajstić information content (AvgIpc) is 2.63. The summed E-state index contributed by atoms with van der Waals surface area (Å²) in [6.07, 6.45) is 2.33. The molecule has 1 aromatic carbocycles. The molecule has 0 unspecified atom stereocenters. The average molecular weight is 261 g/mol. The van der Waals surface area contributed by atoms with Crippen LogP contribution >= 0.6 is 0 Å². The number of hydrogen-bond donors (Lipinski definition) is 2. The largest absolute Gasteiger partial charge is 0.326 e. The van der Waals surface area contributed by atoms with Crippen LogP contribution in [0.3, 0.4) is 0 Å². The van der Waals surface area contributed by atoms with E-state index in [2.05, 4.69) is 0 Å². The molecule has 0 aliphatic carbocycles. The molecule has 0 spiro atoms. The molecular weight excluding hydrogens is 238 g/mol. The molecule has 104 valence electrons. The zero-order valence-electron chi connectivity index (χ0n) is 11.8. The molecule has 19 heavy (non-hydrogen) atoms. The van der Waals surface area contributed by atoms with E-state index in [1.165, 1.54) is 0 Å². The molecule has 0 bridgehead atoms. The highest BCUT2D eigenvalue weighted by molar-refractivity contribution is 6.01. The van der Waals surface area contributed by atoms with E-state index in [1.807, 2.05) is 36.9 Å². The van der Waals surface area contributed by atoms with E-state index < -0.39 is 0 Å². The fourth-order valence-electron chi connectivity index (χ4n) is 2.50. The van der Waals surface area contributed by atoms with Crippen molar-refractivity contribution in [3.63, 3.8) is 0 Å². The van der Waals surface area contributed by atoms with Gasteiger partial charge in [0.05, 0.1) is 6.42 Å². The Morgan fingerprint density at radius 3 is 2.74 bits per heavy atom. The monoisotopic (exact) mass is 261 g/mol. The summed E-state index contributed by atoms with van der Waals surface area (Å²) in [7, 11) is 0. The maximum atomic E-state index is 12.0. The van der Waals surface area contributed by atoms with Gasteiger partial charge in [-0.3, -0.25) is 4.79 Å². The molecule has 2 rings (SSSR count). The summed E-state index contributed by atoms with van der Waals surface area (Å²) < 4.78 is 0. The predicted octanol–water partition coefficient (Wildman–Crippen LogP) is 1.55. The molecule has 1 aromatic rings. The molecule has 0 radical (unpaired) electrons. The van der Waals surface area contributed by atoms with Crippen molar-refractivity contribution in [2.45, 2.75) is 45.2 Å². The van der Waals surface area contributed by atoms with Crippen LogP contribution in [0.2, 0.25) is 0 Å². The van der Waals surface area contributed by atoms with Crippen molar-refractivity contribution >= 4 is 11.6 Å².